The summed E-state index contributed by atoms with van der Waals surface area (Å²) in [7, 11) is 0. The fourth-order valence-electron chi connectivity index (χ4n) is 4.37. The van der Waals surface area contributed by atoms with Crippen molar-refractivity contribution in [2.24, 2.45) is 5.92 Å². The molecule has 9 nitrogen and oxygen atoms in total. The van der Waals surface area contributed by atoms with E-state index >= 15 is 0 Å². The topological polar surface area (TPSA) is 123 Å². The second kappa shape index (κ2) is 9.55. The SMILES string of the molecule is CC(O)C(=O)N1CCC(CCn2c(Sc3cc4occc4cc3Br)nc3c(N)ncnc32)CC1. The molecule has 4 heterocycles. The van der Waals surface area contributed by atoms with Gasteiger partial charge in [-0.1, -0.05) is 11.8 Å². The highest BCUT2D eigenvalue weighted by atomic mass is 79.9. The van der Waals surface area contributed by atoms with Crippen molar-refractivity contribution in [1.82, 2.24) is 24.4 Å². The van der Waals surface area contributed by atoms with Crippen molar-refractivity contribution in [3.8, 4) is 0 Å². The number of halogens is 1. The van der Waals surface area contributed by atoms with Crippen molar-refractivity contribution >= 4 is 61.5 Å². The lowest BCUT2D eigenvalue weighted by Gasteiger charge is -2.32. The number of fused-ring (bicyclic) bond motifs is 2. The zero-order valence-electron chi connectivity index (χ0n) is 18.6. The Hall–Kier alpha value is -2.63. The molecule has 3 aromatic heterocycles. The van der Waals surface area contributed by atoms with Gasteiger partial charge in [-0.25, -0.2) is 15.0 Å². The van der Waals surface area contributed by atoms with Crippen LogP contribution in [0.4, 0.5) is 5.82 Å². The summed E-state index contributed by atoms with van der Waals surface area (Å²) < 4.78 is 8.64. The summed E-state index contributed by atoms with van der Waals surface area (Å²) in [6.45, 7) is 3.59. The fraction of sp³-hybridized carbons (Fsp3) is 0.391. The summed E-state index contributed by atoms with van der Waals surface area (Å²) in [5.41, 5.74) is 8.23. The molecule has 1 saturated heterocycles. The largest absolute Gasteiger partial charge is 0.464 e. The number of carbonyl (C=O) groups is 1. The maximum atomic E-state index is 12.1. The van der Waals surface area contributed by atoms with E-state index in [0.29, 0.717) is 36.0 Å². The molecule has 178 valence electrons. The average molecular weight is 545 g/mol. The molecule has 0 bridgehead atoms. The number of aromatic nitrogens is 4. The summed E-state index contributed by atoms with van der Waals surface area (Å²) in [5.74, 6) is 0.638. The van der Waals surface area contributed by atoms with E-state index in [1.807, 2.05) is 18.2 Å². The summed E-state index contributed by atoms with van der Waals surface area (Å²) in [6.07, 6.45) is 4.94. The number of aliphatic hydroxyl groups excluding tert-OH is 1. The number of aryl methyl sites for hydroxylation is 1. The molecule has 1 aliphatic heterocycles. The van der Waals surface area contributed by atoms with Gasteiger partial charge in [0.05, 0.1) is 6.26 Å². The van der Waals surface area contributed by atoms with Crippen LogP contribution >= 0.6 is 27.7 Å². The smallest absolute Gasteiger partial charge is 0.251 e. The Kier molecular flexibility index (Phi) is 6.50. The van der Waals surface area contributed by atoms with Crippen LogP contribution in [0.2, 0.25) is 0 Å². The Bertz CT molecular complexity index is 1350. The first kappa shape index (κ1) is 23.1. The Labute approximate surface area is 208 Å². The number of rotatable bonds is 6. The lowest BCUT2D eigenvalue weighted by Crippen LogP contribution is -2.43. The van der Waals surface area contributed by atoms with Gasteiger partial charge in [0, 0.05) is 34.4 Å². The van der Waals surface area contributed by atoms with Crippen molar-refractivity contribution in [3.05, 3.63) is 35.3 Å². The van der Waals surface area contributed by atoms with Crippen molar-refractivity contribution in [2.45, 2.75) is 48.9 Å². The van der Waals surface area contributed by atoms with E-state index in [9.17, 15) is 9.90 Å². The molecule has 1 aromatic carbocycles. The van der Waals surface area contributed by atoms with Crippen LogP contribution in [-0.4, -0.2) is 54.6 Å². The van der Waals surface area contributed by atoms with Gasteiger partial charge in [0.2, 0.25) is 0 Å². The number of likely N-dealkylation sites (tertiary alicyclic amines) is 1. The highest BCUT2D eigenvalue weighted by molar-refractivity contribution is 9.10. The molecule has 1 aliphatic rings. The Morgan fingerprint density at radius 2 is 2.15 bits per heavy atom. The molecule has 0 spiro atoms. The number of nitrogen functional groups attached to an aromatic ring is 1. The van der Waals surface area contributed by atoms with Crippen LogP contribution < -0.4 is 5.73 Å². The Morgan fingerprint density at radius 3 is 2.91 bits per heavy atom. The van der Waals surface area contributed by atoms with Crippen LogP contribution in [-0.2, 0) is 11.3 Å². The first-order chi connectivity index (χ1) is 16.4. The normalized spacial score (nSPS) is 15.9. The summed E-state index contributed by atoms with van der Waals surface area (Å²) >= 11 is 5.20. The third-order valence-corrected chi connectivity index (χ3v) is 8.25. The summed E-state index contributed by atoms with van der Waals surface area (Å²) in [5, 5.41) is 11.4. The van der Waals surface area contributed by atoms with E-state index in [2.05, 4.69) is 30.5 Å². The maximum absolute atomic E-state index is 12.1. The lowest BCUT2D eigenvalue weighted by molar-refractivity contribution is -0.140. The van der Waals surface area contributed by atoms with Crippen LogP contribution in [0.15, 0.2) is 49.7 Å². The van der Waals surface area contributed by atoms with Crippen molar-refractivity contribution < 1.29 is 14.3 Å². The predicted molar refractivity (Wildman–Crippen MR) is 133 cm³/mol. The van der Waals surface area contributed by atoms with Crippen LogP contribution in [0.1, 0.15) is 26.2 Å². The number of piperidine rings is 1. The molecule has 1 unspecified atom stereocenters. The monoisotopic (exact) mass is 544 g/mol. The van der Waals surface area contributed by atoms with Gasteiger partial charge in [-0.15, -0.1) is 0 Å². The van der Waals surface area contributed by atoms with Crippen molar-refractivity contribution in [3.63, 3.8) is 0 Å². The molecular weight excluding hydrogens is 520 g/mol. The number of carbonyl (C=O) groups excluding carboxylic acids is 1. The molecule has 0 radical (unpaired) electrons. The van der Waals surface area contributed by atoms with E-state index in [1.54, 1.807) is 11.2 Å². The standard InChI is InChI=1S/C23H25BrN6O3S/c1-13(31)22(32)29-6-2-14(3-7-29)4-8-30-21-19(20(25)26-12-27-21)28-23(30)34-18-11-17-15(5-9-33-17)10-16(18)24/h5,9-14,31H,2-4,6-8H2,1H3,(H2,25,26,27). The van der Waals surface area contributed by atoms with Gasteiger partial charge in [-0.2, -0.15) is 0 Å². The van der Waals surface area contributed by atoms with Crippen molar-refractivity contribution in [2.75, 3.05) is 18.8 Å². The molecule has 34 heavy (non-hydrogen) atoms. The number of hydrogen-bond acceptors (Lipinski definition) is 8. The molecule has 11 heteroatoms. The molecule has 4 aromatic rings. The highest BCUT2D eigenvalue weighted by Gasteiger charge is 2.26. The molecular formula is C23H25BrN6O3S. The van der Waals surface area contributed by atoms with E-state index in [0.717, 1.165) is 51.3 Å². The van der Waals surface area contributed by atoms with E-state index in [1.165, 1.54) is 25.0 Å². The minimum atomic E-state index is -0.946. The summed E-state index contributed by atoms with van der Waals surface area (Å²) in [6, 6.07) is 5.96. The van der Waals surface area contributed by atoms with Crippen LogP contribution in [0.25, 0.3) is 22.1 Å². The number of imidazole rings is 1. The molecule has 1 atom stereocenters. The molecule has 3 N–H and O–H groups in total. The quantitative estimate of drug-likeness (QED) is 0.372. The molecule has 0 aliphatic carbocycles. The first-order valence-electron chi connectivity index (χ1n) is 11.2. The van der Waals surface area contributed by atoms with E-state index < -0.39 is 6.10 Å². The van der Waals surface area contributed by atoms with Gasteiger partial charge in [0.15, 0.2) is 22.1 Å². The number of nitrogens with two attached hydrogens (primary N) is 1. The second-order valence-electron chi connectivity index (χ2n) is 8.55. The van der Waals surface area contributed by atoms with Crippen LogP contribution in [0.3, 0.4) is 0 Å². The third-order valence-electron chi connectivity index (χ3n) is 6.28. The number of aliphatic hydroxyl groups is 1. The number of amides is 1. The van der Waals surface area contributed by atoms with Crippen LogP contribution in [0.5, 0.6) is 0 Å². The number of benzene rings is 1. The number of furan rings is 1. The maximum Gasteiger partial charge on any atom is 0.251 e. The van der Waals surface area contributed by atoms with E-state index in [-0.39, 0.29) is 5.91 Å². The minimum absolute atomic E-state index is 0.191. The van der Waals surface area contributed by atoms with Gasteiger partial charge < -0.3 is 24.7 Å². The predicted octanol–water partition coefficient (Wildman–Crippen LogP) is 4.08. The molecule has 1 fully saturated rings. The number of anilines is 1. The zero-order chi connectivity index (χ0) is 23.8. The Balaban J connectivity index is 1.37. The number of hydrogen-bond donors (Lipinski definition) is 2. The molecule has 0 saturated carbocycles. The van der Waals surface area contributed by atoms with Crippen LogP contribution in [0, 0.1) is 5.92 Å². The Morgan fingerprint density at radius 1 is 1.35 bits per heavy atom. The average Bonchev–Trinajstić information content (AvgIpc) is 3.42. The second-order valence-corrected chi connectivity index (χ2v) is 10.4. The molecule has 1 amide bonds. The van der Waals surface area contributed by atoms with Gasteiger partial charge in [-0.3, -0.25) is 4.79 Å². The number of nitrogens with zero attached hydrogens (tertiary/aromatic N) is 5. The highest BCUT2D eigenvalue weighted by Crippen LogP contribution is 2.38. The third kappa shape index (κ3) is 4.51. The van der Waals surface area contributed by atoms with Gasteiger partial charge in [0.25, 0.3) is 5.91 Å². The summed E-state index contributed by atoms with van der Waals surface area (Å²) in [4.78, 5) is 28.2. The van der Waals surface area contributed by atoms with Crippen molar-refractivity contribution in [1.29, 1.82) is 0 Å². The molecule has 5 rings (SSSR count). The van der Waals surface area contributed by atoms with Gasteiger partial charge >= 0.3 is 0 Å². The van der Waals surface area contributed by atoms with Gasteiger partial charge in [0.1, 0.15) is 18.0 Å². The van der Waals surface area contributed by atoms with Gasteiger partial charge in [-0.05, 0) is 66.2 Å². The first-order valence-corrected chi connectivity index (χ1v) is 12.8. The zero-order valence-corrected chi connectivity index (χ0v) is 21.0. The lowest BCUT2D eigenvalue weighted by atomic mass is 9.93. The van der Waals surface area contributed by atoms with E-state index in [4.69, 9.17) is 15.1 Å². The minimum Gasteiger partial charge on any atom is -0.464 e. The fourth-order valence-corrected chi connectivity index (χ4v) is 5.92.